The van der Waals surface area contributed by atoms with Gasteiger partial charge in [0.1, 0.15) is 0 Å². The van der Waals surface area contributed by atoms with Gasteiger partial charge in [0.2, 0.25) is 0 Å². The molecule has 0 atom stereocenters. The van der Waals surface area contributed by atoms with Gasteiger partial charge >= 0.3 is 0 Å². The molecule has 0 aromatic heterocycles. The van der Waals surface area contributed by atoms with Crippen molar-refractivity contribution in [3.8, 4) is 0 Å². The van der Waals surface area contributed by atoms with Crippen LogP contribution in [0.15, 0.2) is 0 Å². The van der Waals surface area contributed by atoms with Crippen LogP contribution in [0, 0.1) is 0 Å². The third kappa shape index (κ3) is 1.54. The van der Waals surface area contributed by atoms with E-state index in [1.54, 1.807) is 0 Å². The Morgan fingerprint density at radius 2 is 1.90 bits per heavy atom. The minimum atomic E-state index is -0.115. The summed E-state index contributed by atoms with van der Waals surface area (Å²) in [7, 11) is 0. The van der Waals surface area contributed by atoms with Gasteiger partial charge in [-0.15, -0.1) is 0 Å². The molecule has 1 fully saturated rings. The van der Waals surface area contributed by atoms with Crippen molar-refractivity contribution in [2.24, 2.45) is 0 Å². The first kappa shape index (κ1) is 8.12. The zero-order valence-electron chi connectivity index (χ0n) is 7.32. The fraction of sp³-hybridized carbons (Fsp3) is 1.00. The molecular formula is C8H19BN-. The summed E-state index contributed by atoms with van der Waals surface area (Å²) in [5.41, 5.74) is 0. The predicted octanol–water partition coefficient (Wildman–Crippen LogP) is 2.36. The van der Waals surface area contributed by atoms with Crippen LogP contribution in [0.2, 0.25) is 19.0 Å². The lowest BCUT2D eigenvalue weighted by Gasteiger charge is -2.43. The van der Waals surface area contributed by atoms with Gasteiger partial charge in [-0.1, -0.05) is 20.3 Å². The highest BCUT2D eigenvalue weighted by Gasteiger charge is 2.21. The smallest absolute Gasteiger partial charge is 0.0586 e. The topological polar surface area (TPSA) is 12.0 Å². The molecule has 10 heavy (non-hydrogen) atoms. The lowest BCUT2D eigenvalue weighted by molar-refractivity contribution is 0.681. The van der Waals surface area contributed by atoms with E-state index in [-0.39, 0.29) is 6.28 Å². The molecule has 0 aromatic carbocycles. The van der Waals surface area contributed by atoms with E-state index in [1.807, 2.05) is 0 Å². The fourth-order valence-electron chi connectivity index (χ4n) is 2.16. The summed E-state index contributed by atoms with van der Waals surface area (Å²) in [4.78, 5) is 0. The molecule has 1 aliphatic rings. The quantitative estimate of drug-likeness (QED) is 0.580. The minimum Gasteiger partial charge on any atom is -0.488 e. The number of hydrogen-bond acceptors (Lipinski definition) is 1. The minimum absolute atomic E-state index is 0.115. The van der Waals surface area contributed by atoms with Gasteiger partial charge in [-0.25, -0.2) is 0 Å². The average molecular weight is 140 g/mol. The van der Waals surface area contributed by atoms with Crippen LogP contribution in [0.5, 0.6) is 0 Å². The van der Waals surface area contributed by atoms with Crippen LogP contribution in [-0.2, 0) is 0 Å². The SMILES string of the molecule is CC[B-]1(CC)CCCCN1. The van der Waals surface area contributed by atoms with Gasteiger partial charge in [-0.2, -0.15) is 19.0 Å². The van der Waals surface area contributed by atoms with Gasteiger partial charge in [0.05, 0.1) is 6.28 Å². The maximum atomic E-state index is 3.69. The second kappa shape index (κ2) is 3.43. The monoisotopic (exact) mass is 140 g/mol. The van der Waals surface area contributed by atoms with Gasteiger partial charge in [0, 0.05) is 0 Å². The fourth-order valence-corrected chi connectivity index (χ4v) is 2.16. The molecule has 0 unspecified atom stereocenters. The third-order valence-electron chi connectivity index (χ3n) is 3.32. The van der Waals surface area contributed by atoms with Crippen molar-refractivity contribution in [2.45, 2.75) is 45.6 Å². The molecule has 0 radical (unpaired) electrons. The Morgan fingerprint density at radius 1 is 1.20 bits per heavy atom. The van der Waals surface area contributed by atoms with Crippen molar-refractivity contribution < 1.29 is 0 Å². The van der Waals surface area contributed by atoms with Gasteiger partial charge in [-0.3, -0.25) is 0 Å². The summed E-state index contributed by atoms with van der Waals surface area (Å²) < 4.78 is 0. The second-order valence-corrected chi connectivity index (χ2v) is 3.74. The molecule has 1 rings (SSSR count). The summed E-state index contributed by atoms with van der Waals surface area (Å²) in [5.74, 6) is 0. The Kier molecular flexibility index (Phi) is 2.78. The summed E-state index contributed by atoms with van der Waals surface area (Å²) in [6, 6.07) is 0. The Morgan fingerprint density at radius 3 is 2.20 bits per heavy atom. The molecule has 1 heterocycles. The van der Waals surface area contributed by atoms with E-state index in [2.05, 4.69) is 19.1 Å². The molecule has 0 amide bonds. The van der Waals surface area contributed by atoms with E-state index in [1.165, 1.54) is 38.3 Å². The van der Waals surface area contributed by atoms with Crippen LogP contribution < -0.4 is 5.23 Å². The normalized spacial score (nSPS) is 24.6. The molecule has 1 saturated heterocycles. The highest BCUT2D eigenvalue weighted by atomic mass is 14.8. The van der Waals surface area contributed by atoms with Gasteiger partial charge < -0.3 is 5.23 Å². The van der Waals surface area contributed by atoms with Crippen LogP contribution in [-0.4, -0.2) is 12.8 Å². The van der Waals surface area contributed by atoms with Crippen LogP contribution in [0.25, 0.3) is 0 Å². The number of rotatable bonds is 2. The van der Waals surface area contributed by atoms with Crippen molar-refractivity contribution in [1.82, 2.24) is 5.23 Å². The Balaban J connectivity index is 2.44. The highest BCUT2D eigenvalue weighted by Crippen LogP contribution is 2.23. The molecule has 2 heteroatoms. The molecule has 1 nitrogen and oxygen atoms in total. The first-order valence-corrected chi connectivity index (χ1v) is 4.78. The van der Waals surface area contributed by atoms with E-state index in [0.29, 0.717) is 0 Å². The summed E-state index contributed by atoms with van der Waals surface area (Å²) in [6.45, 7) is 5.91. The van der Waals surface area contributed by atoms with Crippen LogP contribution in [0.3, 0.4) is 0 Å². The summed E-state index contributed by atoms with van der Waals surface area (Å²) in [6.07, 6.45) is 6.90. The molecule has 0 bridgehead atoms. The van der Waals surface area contributed by atoms with Crippen molar-refractivity contribution in [3.63, 3.8) is 0 Å². The summed E-state index contributed by atoms with van der Waals surface area (Å²) in [5, 5.41) is 3.69. The van der Waals surface area contributed by atoms with E-state index in [4.69, 9.17) is 0 Å². The molecule has 0 aromatic rings. The first-order chi connectivity index (χ1) is 4.83. The van der Waals surface area contributed by atoms with Crippen molar-refractivity contribution in [1.29, 1.82) is 0 Å². The summed E-state index contributed by atoms with van der Waals surface area (Å²) >= 11 is 0. The van der Waals surface area contributed by atoms with E-state index in [0.717, 1.165) is 0 Å². The highest BCUT2D eigenvalue weighted by molar-refractivity contribution is 6.77. The standard InChI is InChI=1S/C8H19BN/c1-3-9(4-2)7-5-6-8-10-9/h10H,3-8H2,1-2H3/q-1. The predicted molar refractivity (Wildman–Crippen MR) is 48.8 cm³/mol. The third-order valence-corrected chi connectivity index (χ3v) is 3.32. The number of nitrogens with one attached hydrogen (secondary N) is 1. The van der Waals surface area contributed by atoms with Crippen LogP contribution in [0.1, 0.15) is 26.7 Å². The van der Waals surface area contributed by atoms with Crippen LogP contribution >= 0.6 is 0 Å². The van der Waals surface area contributed by atoms with Gasteiger partial charge in [-0.05, 0) is 13.0 Å². The zero-order chi connectivity index (χ0) is 7.45. The first-order valence-electron chi connectivity index (χ1n) is 4.78. The maximum absolute atomic E-state index is 3.69. The van der Waals surface area contributed by atoms with Crippen molar-refractivity contribution >= 4 is 6.28 Å². The van der Waals surface area contributed by atoms with E-state index < -0.39 is 0 Å². The second-order valence-electron chi connectivity index (χ2n) is 3.74. The molecular weight excluding hydrogens is 121 g/mol. The Labute approximate surface area is 64.5 Å². The Bertz CT molecular complexity index is 91.4. The maximum Gasteiger partial charge on any atom is 0.0586 e. The molecule has 1 aliphatic heterocycles. The lowest BCUT2D eigenvalue weighted by atomic mass is 9.28. The molecule has 0 saturated carbocycles. The van der Waals surface area contributed by atoms with Crippen molar-refractivity contribution in [3.05, 3.63) is 0 Å². The van der Waals surface area contributed by atoms with Crippen LogP contribution in [0.4, 0.5) is 0 Å². The molecule has 60 valence electrons. The molecule has 0 aliphatic carbocycles. The van der Waals surface area contributed by atoms with E-state index in [9.17, 15) is 0 Å². The lowest BCUT2D eigenvalue weighted by Crippen LogP contribution is -2.52. The average Bonchev–Trinajstić information content (AvgIpc) is 2.06. The zero-order valence-corrected chi connectivity index (χ0v) is 7.32. The van der Waals surface area contributed by atoms with Crippen molar-refractivity contribution in [2.75, 3.05) is 6.54 Å². The van der Waals surface area contributed by atoms with Gasteiger partial charge in [0.15, 0.2) is 0 Å². The van der Waals surface area contributed by atoms with Gasteiger partial charge in [0.25, 0.3) is 0 Å². The Hall–Kier alpha value is 0.0249. The number of hydrogen-bond donors (Lipinski definition) is 1. The molecule has 1 N–H and O–H groups in total. The largest absolute Gasteiger partial charge is 0.488 e. The molecule has 0 spiro atoms. The van der Waals surface area contributed by atoms with E-state index >= 15 is 0 Å².